The van der Waals surface area contributed by atoms with E-state index in [-0.39, 0.29) is 5.41 Å². The first-order valence-corrected chi connectivity index (χ1v) is 15.8. The number of rotatable bonds is 2. The van der Waals surface area contributed by atoms with E-state index in [1.807, 2.05) is 0 Å². The summed E-state index contributed by atoms with van der Waals surface area (Å²) in [6.45, 7) is 9.13. The van der Waals surface area contributed by atoms with Crippen molar-refractivity contribution in [3.05, 3.63) is 144 Å². The van der Waals surface area contributed by atoms with Crippen LogP contribution in [0, 0.1) is 13.8 Å². The number of aryl methyl sites for hydroxylation is 2. The number of anilines is 2. The second-order valence-corrected chi connectivity index (χ2v) is 13.3. The molecule has 0 saturated carbocycles. The quantitative estimate of drug-likeness (QED) is 0.198. The lowest BCUT2D eigenvalue weighted by Crippen LogP contribution is -2.31. The molecule has 0 aliphatic carbocycles. The van der Waals surface area contributed by atoms with Crippen LogP contribution in [-0.2, 0) is 5.41 Å². The molecule has 0 saturated heterocycles. The zero-order valence-electron chi connectivity index (χ0n) is 26.4. The van der Waals surface area contributed by atoms with E-state index in [4.69, 9.17) is 0 Å². The highest BCUT2D eigenvalue weighted by Crippen LogP contribution is 2.50. The Kier molecular flexibility index (Phi) is 5.30. The van der Waals surface area contributed by atoms with Gasteiger partial charge in [-0.15, -0.1) is 0 Å². The average molecular weight is 582 g/mol. The zero-order valence-corrected chi connectivity index (χ0v) is 26.4. The molecular weight excluding hydrogens is 546 g/mol. The summed E-state index contributed by atoms with van der Waals surface area (Å²) in [5.41, 5.74) is 14.9. The Bertz CT molecular complexity index is 2390. The highest BCUT2D eigenvalue weighted by molar-refractivity contribution is 6.10. The monoisotopic (exact) mass is 581 g/mol. The van der Waals surface area contributed by atoms with Crippen LogP contribution in [0.3, 0.4) is 0 Å². The predicted octanol–water partition coefficient (Wildman–Crippen LogP) is 10.9. The molecule has 0 atom stereocenters. The van der Waals surface area contributed by atoms with Crippen molar-refractivity contribution in [2.75, 3.05) is 11.9 Å². The first kappa shape index (κ1) is 26.2. The maximum Gasteiger partial charge on any atom is 0.0541 e. The first-order chi connectivity index (χ1) is 21.8. The number of aromatic nitrogens is 2. The fraction of sp³-hybridized carbons (Fsp3) is 0.143. The molecule has 218 valence electrons. The smallest absolute Gasteiger partial charge is 0.0541 e. The Morgan fingerprint density at radius 1 is 0.444 bits per heavy atom. The molecule has 8 aromatic rings. The van der Waals surface area contributed by atoms with Gasteiger partial charge in [-0.2, -0.15) is 0 Å². The van der Waals surface area contributed by atoms with Gasteiger partial charge in [0.2, 0.25) is 0 Å². The van der Waals surface area contributed by atoms with E-state index in [1.54, 1.807) is 0 Å². The first-order valence-electron chi connectivity index (χ1n) is 15.8. The molecule has 45 heavy (non-hydrogen) atoms. The van der Waals surface area contributed by atoms with Gasteiger partial charge in [-0.1, -0.05) is 73.5 Å². The van der Waals surface area contributed by atoms with Crippen LogP contribution in [0.25, 0.3) is 55.0 Å². The topological polar surface area (TPSA) is 13.1 Å². The fourth-order valence-electron chi connectivity index (χ4n) is 7.92. The van der Waals surface area contributed by atoms with Gasteiger partial charge in [-0.05, 0) is 97.8 Å². The van der Waals surface area contributed by atoms with Gasteiger partial charge < -0.3 is 14.0 Å². The van der Waals surface area contributed by atoms with Crippen LogP contribution in [0.1, 0.15) is 36.1 Å². The van der Waals surface area contributed by atoms with Crippen molar-refractivity contribution in [1.82, 2.24) is 9.13 Å². The summed E-state index contributed by atoms with van der Waals surface area (Å²) >= 11 is 0. The Morgan fingerprint density at radius 2 is 0.867 bits per heavy atom. The van der Waals surface area contributed by atoms with Crippen LogP contribution in [-0.4, -0.2) is 16.2 Å². The highest BCUT2D eigenvalue weighted by atomic mass is 15.1. The molecular formula is C42H35N3. The molecule has 0 radical (unpaired) electrons. The number of benzene rings is 6. The van der Waals surface area contributed by atoms with E-state index in [1.165, 1.54) is 88.6 Å². The molecule has 0 N–H and O–H groups in total. The molecule has 3 heteroatoms. The van der Waals surface area contributed by atoms with Crippen LogP contribution in [0.15, 0.2) is 121 Å². The van der Waals surface area contributed by atoms with Gasteiger partial charge in [-0.25, -0.2) is 0 Å². The van der Waals surface area contributed by atoms with Gasteiger partial charge in [-0.3, -0.25) is 0 Å². The van der Waals surface area contributed by atoms with Gasteiger partial charge in [0.25, 0.3) is 0 Å². The minimum absolute atomic E-state index is 0.214. The van der Waals surface area contributed by atoms with Crippen LogP contribution in [0.2, 0.25) is 0 Å². The van der Waals surface area contributed by atoms with Crippen molar-refractivity contribution in [1.29, 1.82) is 0 Å². The van der Waals surface area contributed by atoms with E-state index in [9.17, 15) is 0 Å². The van der Waals surface area contributed by atoms with Gasteiger partial charge in [0.1, 0.15) is 0 Å². The Morgan fingerprint density at radius 3 is 1.33 bits per heavy atom. The third-order valence-corrected chi connectivity index (χ3v) is 10.2. The van der Waals surface area contributed by atoms with Gasteiger partial charge in [0, 0.05) is 56.8 Å². The number of hydrogen-bond donors (Lipinski definition) is 0. The molecule has 1 aliphatic heterocycles. The van der Waals surface area contributed by atoms with Crippen molar-refractivity contribution >= 4 is 55.0 Å². The fourth-order valence-corrected chi connectivity index (χ4v) is 7.92. The lowest BCUT2D eigenvalue weighted by molar-refractivity contribution is 0.628. The van der Waals surface area contributed by atoms with E-state index >= 15 is 0 Å². The van der Waals surface area contributed by atoms with E-state index in [0.29, 0.717) is 0 Å². The van der Waals surface area contributed by atoms with Gasteiger partial charge in [0.15, 0.2) is 0 Å². The molecule has 3 heterocycles. The molecule has 2 aromatic heterocycles. The lowest BCUT2D eigenvalue weighted by Gasteiger charge is -2.41. The average Bonchev–Trinajstić information content (AvgIpc) is 3.55. The second-order valence-electron chi connectivity index (χ2n) is 13.3. The third kappa shape index (κ3) is 3.58. The molecule has 3 nitrogen and oxygen atoms in total. The van der Waals surface area contributed by atoms with Crippen LogP contribution in [0.5, 0.6) is 0 Å². The summed E-state index contributed by atoms with van der Waals surface area (Å²) in [6.07, 6.45) is 0. The van der Waals surface area contributed by atoms with E-state index in [0.717, 1.165) is 0 Å². The van der Waals surface area contributed by atoms with E-state index < -0.39 is 0 Å². The van der Waals surface area contributed by atoms with Crippen molar-refractivity contribution in [3.63, 3.8) is 0 Å². The summed E-state index contributed by atoms with van der Waals surface area (Å²) in [4.78, 5) is 2.37. The minimum atomic E-state index is -0.214. The summed E-state index contributed by atoms with van der Waals surface area (Å²) in [5, 5.41) is 5.19. The predicted molar refractivity (Wildman–Crippen MR) is 191 cm³/mol. The van der Waals surface area contributed by atoms with Crippen molar-refractivity contribution in [2.24, 2.45) is 0 Å². The summed E-state index contributed by atoms with van der Waals surface area (Å²) in [7, 11) is 2.21. The molecule has 0 unspecified atom stereocenters. The van der Waals surface area contributed by atoms with E-state index in [2.05, 4.69) is 170 Å². The molecule has 1 aliphatic rings. The van der Waals surface area contributed by atoms with Crippen LogP contribution < -0.4 is 4.90 Å². The molecule has 6 aromatic carbocycles. The molecule has 0 amide bonds. The summed E-state index contributed by atoms with van der Waals surface area (Å²) < 4.78 is 4.87. The number of fused-ring (bicyclic) bond motifs is 8. The van der Waals surface area contributed by atoms with Crippen LogP contribution in [0.4, 0.5) is 11.4 Å². The maximum absolute atomic E-state index is 2.45. The largest absolute Gasteiger partial charge is 0.344 e. The number of hydrogen-bond acceptors (Lipinski definition) is 1. The van der Waals surface area contributed by atoms with Crippen molar-refractivity contribution in [2.45, 2.75) is 33.1 Å². The van der Waals surface area contributed by atoms with Gasteiger partial charge >= 0.3 is 0 Å². The number of nitrogens with zero attached hydrogens (tertiary/aromatic N) is 3. The molecule has 9 rings (SSSR count). The maximum atomic E-state index is 2.45. The lowest BCUT2D eigenvalue weighted by atomic mass is 9.73. The summed E-state index contributed by atoms with van der Waals surface area (Å²) in [6, 6.07) is 45.2. The minimum Gasteiger partial charge on any atom is -0.344 e. The SMILES string of the molecule is Cc1ccc2c(c1)c1cc(C)ccc1n2-c1ccc2c(c1)C(C)(C)c1cc(-n3c4ccccc4c4ccccc43)ccc1N2C. The Labute approximate surface area is 263 Å². The number of para-hydroxylation sites is 2. The van der Waals surface area contributed by atoms with Gasteiger partial charge in [0.05, 0.1) is 22.1 Å². The Balaban J connectivity index is 1.25. The van der Waals surface area contributed by atoms with Crippen molar-refractivity contribution < 1.29 is 0 Å². The third-order valence-electron chi connectivity index (χ3n) is 10.2. The molecule has 0 fully saturated rings. The zero-order chi connectivity index (χ0) is 30.6. The summed E-state index contributed by atoms with van der Waals surface area (Å²) in [5.74, 6) is 0. The van der Waals surface area contributed by atoms with Crippen LogP contribution >= 0.6 is 0 Å². The molecule has 0 spiro atoms. The highest BCUT2D eigenvalue weighted by Gasteiger charge is 2.36. The Hall–Kier alpha value is -5.28. The second kappa shape index (κ2) is 9.12. The standard InChI is InChI=1S/C42H35N3/c1-26-14-18-38-32(22-26)33-23-27(2)15-19-39(33)45(38)29-17-21-41-35(25-29)42(3,4)34-24-28(16-20-40(34)43(41)5)44-36-12-8-6-10-30(36)31-11-7-9-13-37(31)44/h6-25H,1-5H3. The van der Waals surface area contributed by atoms with Crippen molar-refractivity contribution in [3.8, 4) is 11.4 Å². The molecule has 0 bridgehead atoms. The normalized spacial score (nSPS) is 14.0.